The van der Waals surface area contributed by atoms with E-state index in [9.17, 15) is 4.79 Å². The maximum absolute atomic E-state index is 12.0. The summed E-state index contributed by atoms with van der Waals surface area (Å²) in [7, 11) is 1.65. The lowest BCUT2D eigenvalue weighted by Crippen LogP contribution is -2.41. The summed E-state index contributed by atoms with van der Waals surface area (Å²) in [6.07, 6.45) is 2.04. The van der Waals surface area contributed by atoms with Gasteiger partial charge in [-0.05, 0) is 37.5 Å². The Morgan fingerprint density at radius 2 is 2.05 bits per heavy atom. The molecule has 1 aromatic carbocycles. The van der Waals surface area contributed by atoms with Gasteiger partial charge >= 0.3 is 0 Å². The Balaban J connectivity index is 0.00000180. The van der Waals surface area contributed by atoms with Crippen molar-refractivity contribution < 1.29 is 9.53 Å². The van der Waals surface area contributed by atoms with Gasteiger partial charge in [-0.25, -0.2) is 0 Å². The van der Waals surface area contributed by atoms with Gasteiger partial charge in [-0.15, -0.1) is 12.4 Å². The van der Waals surface area contributed by atoms with Crippen molar-refractivity contribution in [3.8, 4) is 5.75 Å². The molecule has 0 spiro atoms. The molecular formula is C14H21ClN2O2. The number of carbonyl (C=O) groups excluding carboxylic acids is 1. The van der Waals surface area contributed by atoms with Gasteiger partial charge in [0.2, 0.25) is 5.91 Å². The SMILES string of the molecule is COc1ccc(C2CCCN2C(=O)[C@H](C)N)cc1.Cl. The number of likely N-dealkylation sites (tertiary alicyclic amines) is 1. The molecule has 0 radical (unpaired) electrons. The van der Waals surface area contributed by atoms with E-state index in [1.807, 2.05) is 29.2 Å². The highest BCUT2D eigenvalue weighted by atomic mass is 35.5. The van der Waals surface area contributed by atoms with Gasteiger partial charge in [-0.1, -0.05) is 12.1 Å². The van der Waals surface area contributed by atoms with Crippen molar-refractivity contribution in [2.24, 2.45) is 5.73 Å². The summed E-state index contributed by atoms with van der Waals surface area (Å²) in [5.74, 6) is 0.870. The lowest BCUT2D eigenvalue weighted by Gasteiger charge is -2.26. The highest BCUT2D eigenvalue weighted by Gasteiger charge is 2.31. The number of hydrogen-bond donors (Lipinski definition) is 1. The molecule has 5 heteroatoms. The molecule has 1 fully saturated rings. The van der Waals surface area contributed by atoms with Crippen molar-refractivity contribution in [1.29, 1.82) is 0 Å². The van der Waals surface area contributed by atoms with Crippen LogP contribution in [-0.4, -0.2) is 30.5 Å². The molecule has 1 amide bonds. The summed E-state index contributed by atoms with van der Waals surface area (Å²) in [5.41, 5.74) is 6.85. The summed E-state index contributed by atoms with van der Waals surface area (Å²) < 4.78 is 5.14. The maximum atomic E-state index is 12.0. The highest BCUT2D eigenvalue weighted by Crippen LogP contribution is 2.32. The van der Waals surface area contributed by atoms with Gasteiger partial charge < -0.3 is 15.4 Å². The molecule has 0 saturated carbocycles. The van der Waals surface area contributed by atoms with E-state index in [4.69, 9.17) is 10.5 Å². The summed E-state index contributed by atoms with van der Waals surface area (Å²) >= 11 is 0. The number of benzene rings is 1. The number of halogens is 1. The van der Waals surface area contributed by atoms with Crippen molar-refractivity contribution in [2.75, 3.05) is 13.7 Å². The van der Waals surface area contributed by atoms with Crippen LogP contribution in [0.15, 0.2) is 24.3 Å². The number of nitrogens with zero attached hydrogens (tertiary/aromatic N) is 1. The summed E-state index contributed by atoms with van der Waals surface area (Å²) in [6, 6.07) is 7.65. The van der Waals surface area contributed by atoms with Crippen LogP contribution in [0.4, 0.5) is 0 Å². The third-order valence-electron chi connectivity index (χ3n) is 3.43. The molecule has 19 heavy (non-hydrogen) atoms. The summed E-state index contributed by atoms with van der Waals surface area (Å²) in [5, 5.41) is 0. The number of hydrogen-bond acceptors (Lipinski definition) is 3. The van der Waals surface area contributed by atoms with E-state index in [0.717, 1.165) is 30.7 Å². The Morgan fingerprint density at radius 3 is 2.58 bits per heavy atom. The summed E-state index contributed by atoms with van der Waals surface area (Å²) in [4.78, 5) is 13.9. The minimum atomic E-state index is -0.427. The van der Waals surface area contributed by atoms with E-state index in [1.165, 1.54) is 0 Å². The number of rotatable bonds is 3. The third-order valence-corrected chi connectivity index (χ3v) is 3.43. The van der Waals surface area contributed by atoms with Crippen LogP contribution in [0.3, 0.4) is 0 Å². The van der Waals surface area contributed by atoms with Gasteiger partial charge in [0.25, 0.3) is 0 Å². The molecule has 1 saturated heterocycles. The second kappa shape index (κ2) is 6.78. The molecule has 1 aromatic rings. The molecule has 1 aliphatic heterocycles. The van der Waals surface area contributed by atoms with Gasteiger partial charge in [0.1, 0.15) is 5.75 Å². The van der Waals surface area contributed by atoms with Crippen LogP contribution >= 0.6 is 12.4 Å². The van der Waals surface area contributed by atoms with Crippen molar-refractivity contribution in [2.45, 2.75) is 31.8 Å². The topological polar surface area (TPSA) is 55.6 Å². The van der Waals surface area contributed by atoms with Crippen LogP contribution in [0.25, 0.3) is 0 Å². The predicted molar refractivity (Wildman–Crippen MR) is 77.6 cm³/mol. The van der Waals surface area contributed by atoms with E-state index in [-0.39, 0.29) is 24.4 Å². The molecule has 1 aliphatic rings. The Bertz CT molecular complexity index is 420. The first-order chi connectivity index (χ1) is 8.63. The number of ether oxygens (including phenoxy) is 1. The zero-order valence-electron chi connectivity index (χ0n) is 11.3. The van der Waals surface area contributed by atoms with Crippen molar-refractivity contribution >= 4 is 18.3 Å². The fourth-order valence-corrected chi connectivity index (χ4v) is 2.46. The number of carbonyl (C=O) groups is 1. The van der Waals surface area contributed by atoms with Crippen LogP contribution in [0.1, 0.15) is 31.4 Å². The Hall–Kier alpha value is -1.26. The lowest BCUT2D eigenvalue weighted by atomic mass is 10.0. The van der Waals surface area contributed by atoms with E-state index in [2.05, 4.69) is 0 Å². The van der Waals surface area contributed by atoms with Crippen LogP contribution < -0.4 is 10.5 Å². The first kappa shape index (κ1) is 15.8. The monoisotopic (exact) mass is 284 g/mol. The predicted octanol–water partition coefficient (Wildman–Crippen LogP) is 2.13. The zero-order valence-corrected chi connectivity index (χ0v) is 12.2. The smallest absolute Gasteiger partial charge is 0.239 e. The largest absolute Gasteiger partial charge is 0.497 e. The van der Waals surface area contributed by atoms with Crippen molar-refractivity contribution in [1.82, 2.24) is 4.90 Å². The molecule has 4 nitrogen and oxygen atoms in total. The minimum Gasteiger partial charge on any atom is -0.497 e. The average Bonchev–Trinajstić information content (AvgIpc) is 2.87. The van der Waals surface area contributed by atoms with Crippen LogP contribution in [-0.2, 0) is 4.79 Å². The van der Waals surface area contributed by atoms with E-state index >= 15 is 0 Å². The Labute approximate surface area is 120 Å². The number of methoxy groups -OCH3 is 1. The fraction of sp³-hybridized carbons (Fsp3) is 0.500. The van der Waals surface area contributed by atoms with Gasteiger partial charge in [0.05, 0.1) is 19.2 Å². The van der Waals surface area contributed by atoms with Gasteiger partial charge in [-0.2, -0.15) is 0 Å². The second-order valence-corrected chi connectivity index (χ2v) is 4.75. The van der Waals surface area contributed by atoms with Crippen molar-refractivity contribution in [3.63, 3.8) is 0 Å². The minimum absolute atomic E-state index is 0. The van der Waals surface area contributed by atoms with E-state index < -0.39 is 6.04 Å². The molecule has 1 unspecified atom stereocenters. The van der Waals surface area contributed by atoms with Crippen LogP contribution in [0.5, 0.6) is 5.75 Å². The Morgan fingerprint density at radius 1 is 1.42 bits per heavy atom. The standard InChI is InChI=1S/C14H20N2O2.ClH/c1-10(15)14(17)16-9-3-4-13(16)11-5-7-12(18-2)8-6-11;/h5-8,10,13H,3-4,9,15H2,1-2H3;1H/t10-,13?;/m0./s1. The quantitative estimate of drug-likeness (QED) is 0.925. The maximum Gasteiger partial charge on any atom is 0.239 e. The lowest BCUT2D eigenvalue weighted by molar-refractivity contribution is -0.133. The number of amides is 1. The molecule has 2 N–H and O–H groups in total. The first-order valence-electron chi connectivity index (χ1n) is 6.33. The number of nitrogens with two attached hydrogens (primary N) is 1. The Kier molecular flexibility index (Phi) is 5.63. The summed E-state index contributed by atoms with van der Waals surface area (Å²) in [6.45, 7) is 2.54. The van der Waals surface area contributed by atoms with E-state index in [0.29, 0.717) is 0 Å². The normalized spacial score (nSPS) is 19.7. The molecule has 106 valence electrons. The van der Waals surface area contributed by atoms with Crippen LogP contribution in [0.2, 0.25) is 0 Å². The van der Waals surface area contributed by atoms with Crippen molar-refractivity contribution in [3.05, 3.63) is 29.8 Å². The van der Waals surface area contributed by atoms with Gasteiger partial charge in [-0.3, -0.25) is 4.79 Å². The first-order valence-corrected chi connectivity index (χ1v) is 6.33. The zero-order chi connectivity index (χ0) is 13.1. The molecular weight excluding hydrogens is 264 g/mol. The molecule has 0 aliphatic carbocycles. The second-order valence-electron chi connectivity index (χ2n) is 4.75. The molecule has 0 aromatic heterocycles. The van der Waals surface area contributed by atoms with Gasteiger partial charge in [0.15, 0.2) is 0 Å². The molecule has 2 atom stereocenters. The fourth-order valence-electron chi connectivity index (χ4n) is 2.46. The molecule has 2 rings (SSSR count). The van der Waals surface area contributed by atoms with Gasteiger partial charge in [0, 0.05) is 6.54 Å². The third kappa shape index (κ3) is 3.39. The molecule has 1 heterocycles. The highest BCUT2D eigenvalue weighted by molar-refractivity contribution is 5.85. The van der Waals surface area contributed by atoms with Crippen LogP contribution in [0, 0.1) is 0 Å². The van der Waals surface area contributed by atoms with E-state index in [1.54, 1.807) is 14.0 Å². The average molecular weight is 285 g/mol. The molecule has 0 bridgehead atoms.